The number of aromatic nitrogens is 1. The van der Waals surface area contributed by atoms with Crippen molar-refractivity contribution in [3.63, 3.8) is 0 Å². The van der Waals surface area contributed by atoms with Crippen molar-refractivity contribution in [2.24, 2.45) is 0 Å². The van der Waals surface area contributed by atoms with Crippen LogP contribution in [0.5, 0.6) is 0 Å². The second-order valence-electron chi connectivity index (χ2n) is 8.20. The van der Waals surface area contributed by atoms with Crippen molar-refractivity contribution in [3.05, 3.63) is 76.0 Å². The van der Waals surface area contributed by atoms with Crippen molar-refractivity contribution in [1.82, 2.24) is 9.72 Å². The van der Waals surface area contributed by atoms with Gasteiger partial charge in [-0.15, -0.1) is 11.3 Å². The maximum Gasteiger partial charge on any atom is 0.263 e. The van der Waals surface area contributed by atoms with Gasteiger partial charge in [-0.3, -0.25) is 14.0 Å². The molecule has 1 aliphatic rings. The van der Waals surface area contributed by atoms with Crippen molar-refractivity contribution >= 4 is 32.8 Å². The van der Waals surface area contributed by atoms with Gasteiger partial charge in [-0.25, -0.2) is 0 Å². The highest BCUT2D eigenvalue weighted by Crippen LogP contribution is 2.29. The Morgan fingerprint density at radius 1 is 1.13 bits per heavy atom. The van der Waals surface area contributed by atoms with Crippen LogP contribution in [0.4, 0.5) is 0 Å². The maximum absolute atomic E-state index is 13.3. The van der Waals surface area contributed by atoms with E-state index in [0.717, 1.165) is 52.4 Å². The van der Waals surface area contributed by atoms with E-state index in [0.29, 0.717) is 5.56 Å². The number of pyridine rings is 2. The summed E-state index contributed by atoms with van der Waals surface area (Å²) in [4.78, 5) is 26.3. The first kappa shape index (κ1) is 20.0. The zero-order valence-electron chi connectivity index (χ0n) is 17.1. The molecule has 1 fully saturated rings. The summed E-state index contributed by atoms with van der Waals surface area (Å²) in [5.41, 5.74) is 2.92. The molecule has 5 rings (SSSR count). The molecule has 5 nitrogen and oxygen atoms in total. The fraction of sp³-hybridized carbons (Fsp3) is 0.280. The predicted molar refractivity (Wildman–Crippen MR) is 125 cm³/mol. The first-order chi connectivity index (χ1) is 15.1. The molecule has 0 saturated heterocycles. The van der Waals surface area contributed by atoms with Gasteiger partial charge >= 0.3 is 0 Å². The van der Waals surface area contributed by atoms with Crippen molar-refractivity contribution in [2.75, 3.05) is 0 Å². The summed E-state index contributed by atoms with van der Waals surface area (Å²) >= 11 is 1.57. The number of nitrogens with zero attached hydrogens (tertiary/aromatic N) is 1. The molecule has 0 aliphatic heterocycles. The van der Waals surface area contributed by atoms with Crippen LogP contribution in [-0.2, 0) is 11.2 Å². The first-order valence-corrected chi connectivity index (χ1v) is 11.6. The number of fused-ring (bicyclic) bond motifs is 3. The van der Waals surface area contributed by atoms with Gasteiger partial charge in [-0.05, 0) is 52.9 Å². The summed E-state index contributed by atoms with van der Waals surface area (Å²) in [7, 11) is 0. The van der Waals surface area contributed by atoms with Crippen molar-refractivity contribution in [3.8, 4) is 11.1 Å². The minimum atomic E-state index is -0.489. The summed E-state index contributed by atoms with van der Waals surface area (Å²) in [6, 6.07) is 15.2. The van der Waals surface area contributed by atoms with Gasteiger partial charge in [0, 0.05) is 11.8 Å². The average molecular weight is 433 g/mol. The van der Waals surface area contributed by atoms with Gasteiger partial charge in [-0.2, -0.15) is 0 Å². The van der Waals surface area contributed by atoms with Crippen LogP contribution in [0.25, 0.3) is 26.7 Å². The molecule has 1 saturated carbocycles. The molecule has 3 heterocycles. The Morgan fingerprint density at radius 2 is 1.94 bits per heavy atom. The Kier molecular flexibility index (Phi) is 5.34. The van der Waals surface area contributed by atoms with Gasteiger partial charge in [0.25, 0.3) is 5.56 Å². The second-order valence-corrected chi connectivity index (χ2v) is 9.11. The van der Waals surface area contributed by atoms with Gasteiger partial charge in [0.05, 0.1) is 28.8 Å². The van der Waals surface area contributed by atoms with Crippen LogP contribution in [0, 0.1) is 0 Å². The summed E-state index contributed by atoms with van der Waals surface area (Å²) in [5, 5.41) is 16.3. The van der Waals surface area contributed by atoms with Gasteiger partial charge in [0.2, 0.25) is 5.91 Å². The number of benzene rings is 1. The van der Waals surface area contributed by atoms with E-state index in [2.05, 4.69) is 5.32 Å². The molecule has 2 atom stereocenters. The molecule has 2 N–H and O–H groups in total. The first-order valence-electron chi connectivity index (χ1n) is 10.7. The SMILES string of the molecule is O=C(Cc1cc(-c2ccccc2)c(=O)n2ccc3ccsc3c12)N[C@@H]1CCCC[C@H]1O. The summed E-state index contributed by atoms with van der Waals surface area (Å²) < 4.78 is 2.67. The zero-order chi connectivity index (χ0) is 21.4. The van der Waals surface area contributed by atoms with Gasteiger partial charge < -0.3 is 10.4 Å². The molecule has 1 amide bonds. The Labute approximate surface area is 184 Å². The van der Waals surface area contributed by atoms with E-state index in [1.807, 2.05) is 53.9 Å². The molecule has 0 unspecified atom stereocenters. The fourth-order valence-corrected chi connectivity index (χ4v) is 5.52. The minimum Gasteiger partial charge on any atom is -0.391 e. The molecular weight excluding hydrogens is 408 g/mol. The number of aliphatic hydroxyl groups is 1. The highest BCUT2D eigenvalue weighted by atomic mass is 32.1. The van der Waals surface area contributed by atoms with E-state index in [1.165, 1.54) is 0 Å². The van der Waals surface area contributed by atoms with E-state index in [1.54, 1.807) is 21.9 Å². The molecule has 3 aromatic heterocycles. The molecule has 0 bridgehead atoms. The third-order valence-electron chi connectivity index (χ3n) is 6.14. The Bertz CT molecular complexity index is 1310. The van der Waals surface area contributed by atoms with E-state index < -0.39 is 6.10 Å². The second kappa shape index (κ2) is 8.29. The summed E-state index contributed by atoms with van der Waals surface area (Å²) in [5.74, 6) is -0.126. The highest BCUT2D eigenvalue weighted by molar-refractivity contribution is 7.18. The quantitative estimate of drug-likeness (QED) is 0.509. The number of aliphatic hydroxyl groups excluding tert-OH is 1. The normalized spacial score (nSPS) is 19.0. The number of carbonyl (C=O) groups excluding carboxylic acids is 1. The van der Waals surface area contributed by atoms with Crippen LogP contribution in [0.3, 0.4) is 0 Å². The van der Waals surface area contributed by atoms with Gasteiger partial charge in [-0.1, -0.05) is 43.2 Å². The molecular formula is C25H24N2O3S. The predicted octanol–water partition coefficient (Wildman–Crippen LogP) is 4.14. The topological polar surface area (TPSA) is 70.8 Å². The Balaban J connectivity index is 1.61. The molecule has 1 aromatic carbocycles. The number of hydrogen-bond donors (Lipinski definition) is 2. The minimum absolute atomic E-state index is 0.0941. The molecule has 0 spiro atoms. The standard InChI is InChI=1S/C25H24N2O3S/c28-21-9-5-4-8-20(21)26-22(29)15-18-14-19(16-6-2-1-3-7-16)25(30)27-12-10-17-11-13-31-24(17)23(18)27/h1-3,6-7,10-14,20-21,28H,4-5,8-9,15H2,(H,26,29)/t20-,21-/m1/s1. The lowest BCUT2D eigenvalue weighted by atomic mass is 9.92. The number of nitrogens with one attached hydrogen (secondary N) is 1. The van der Waals surface area contributed by atoms with Crippen molar-refractivity contribution in [2.45, 2.75) is 44.2 Å². The van der Waals surface area contributed by atoms with E-state index >= 15 is 0 Å². The fourth-order valence-electron chi connectivity index (χ4n) is 4.56. The Morgan fingerprint density at radius 3 is 2.74 bits per heavy atom. The Hall–Kier alpha value is -2.96. The molecule has 158 valence electrons. The zero-order valence-corrected chi connectivity index (χ0v) is 17.9. The number of thiophene rings is 1. The van der Waals surface area contributed by atoms with E-state index in [4.69, 9.17) is 0 Å². The van der Waals surface area contributed by atoms with Crippen molar-refractivity contribution in [1.29, 1.82) is 0 Å². The lowest BCUT2D eigenvalue weighted by Crippen LogP contribution is -2.45. The number of amides is 1. The van der Waals surface area contributed by atoms with Crippen LogP contribution < -0.4 is 10.9 Å². The highest BCUT2D eigenvalue weighted by Gasteiger charge is 2.25. The number of rotatable bonds is 4. The van der Waals surface area contributed by atoms with Crippen LogP contribution >= 0.6 is 11.3 Å². The average Bonchev–Trinajstić information content (AvgIpc) is 3.26. The maximum atomic E-state index is 13.3. The molecule has 4 aromatic rings. The third kappa shape index (κ3) is 3.77. The van der Waals surface area contributed by atoms with E-state index in [9.17, 15) is 14.7 Å². The van der Waals surface area contributed by atoms with Crippen LogP contribution in [-0.4, -0.2) is 27.6 Å². The molecule has 6 heteroatoms. The molecule has 1 aliphatic carbocycles. The van der Waals surface area contributed by atoms with Gasteiger partial charge in [0.15, 0.2) is 0 Å². The number of hydrogen-bond acceptors (Lipinski definition) is 4. The number of carbonyl (C=O) groups is 1. The summed E-state index contributed by atoms with van der Waals surface area (Å²) in [6.45, 7) is 0. The smallest absolute Gasteiger partial charge is 0.263 e. The van der Waals surface area contributed by atoms with Crippen LogP contribution in [0.2, 0.25) is 0 Å². The van der Waals surface area contributed by atoms with Gasteiger partial charge in [0.1, 0.15) is 0 Å². The lowest BCUT2D eigenvalue weighted by Gasteiger charge is -2.28. The largest absolute Gasteiger partial charge is 0.391 e. The third-order valence-corrected chi connectivity index (χ3v) is 7.08. The molecule has 31 heavy (non-hydrogen) atoms. The van der Waals surface area contributed by atoms with E-state index in [-0.39, 0.29) is 23.9 Å². The van der Waals surface area contributed by atoms with Crippen LogP contribution in [0.15, 0.2) is 64.9 Å². The van der Waals surface area contributed by atoms with Crippen molar-refractivity contribution < 1.29 is 9.90 Å². The molecule has 0 radical (unpaired) electrons. The van der Waals surface area contributed by atoms with Crippen LogP contribution in [0.1, 0.15) is 31.2 Å². The monoisotopic (exact) mass is 432 g/mol. The summed E-state index contributed by atoms with van der Waals surface area (Å²) in [6.07, 6.45) is 5.00. The lowest BCUT2D eigenvalue weighted by molar-refractivity contribution is -0.122.